The van der Waals surface area contributed by atoms with Crippen molar-refractivity contribution in [2.75, 3.05) is 9.35 Å². The Morgan fingerprint density at radius 3 is 1.22 bits per heavy atom. The van der Waals surface area contributed by atoms with E-state index in [1.54, 1.807) is 25.6 Å². The Kier molecular flexibility index (Phi) is 9.06. The fraction of sp³-hybridized carbons (Fsp3) is 0.357. The van der Waals surface area contributed by atoms with Crippen LogP contribution in [0.5, 0.6) is 0 Å². The molecule has 9 heteroatoms. The molecule has 37 heavy (non-hydrogen) atoms. The predicted octanol–water partition coefficient (Wildman–Crippen LogP) is 3.09. The van der Waals surface area contributed by atoms with Crippen molar-refractivity contribution < 1.29 is 21.6 Å². The van der Waals surface area contributed by atoms with Gasteiger partial charge in [0.1, 0.15) is 0 Å². The average Bonchev–Trinajstić information content (AvgIpc) is 2.95. The molecule has 1 unspecified atom stereocenters. The van der Waals surface area contributed by atoms with Crippen LogP contribution >= 0.6 is 0 Å². The third-order valence-corrected chi connectivity index (χ3v) is 87.4. The van der Waals surface area contributed by atoms with E-state index in [9.17, 15) is 0 Å². The Labute approximate surface area is 254 Å². The molecule has 3 aromatic carbocycles. The van der Waals surface area contributed by atoms with Crippen molar-refractivity contribution in [3.63, 3.8) is 0 Å². The number of nitrogens with zero attached hydrogens (tertiary/aromatic N) is 2. The molecule has 3 nitrogen and oxygen atoms in total. The van der Waals surface area contributed by atoms with Gasteiger partial charge >= 0.3 is 257 Å². The van der Waals surface area contributed by atoms with E-state index < -0.39 is 29.9 Å². The molecule has 1 saturated heterocycles. The maximum Gasteiger partial charge on any atom is 1.00 e. The second kappa shape index (κ2) is 10.8. The first-order chi connectivity index (χ1) is 16.7. The molecule has 0 amide bonds. The first-order valence-electron chi connectivity index (χ1n) is 13.1. The summed E-state index contributed by atoms with van der Waals surface area (Å²) >= 11 is 1.62. The van der Waals surface area contributed by atoms with E-state index in [1.807, 2.05) is 0 Å². The summed E-state index contributed by atoms with van der Waals surface area (Å²) in [6.45, 7) is 24.0. The van der Waals surface area contributed by atoms with Crippen LogP contribution in [0.1, 0.15) is 16.7 Å². The van der Waals surface area contributed by atoms with Crippen molar-refractivity contribution in [1.29, 1.82) is 0 Å². The van der Waals surface area contributed by atoms with Gasteiger partial charge < -0.3 is 0 Å². The SMILES string of the molecule is Cc1ccc(N2N(c3ccc(C)cc3)[Si](C)(C)[Si](C)([Si](C)(C)[NH+]([Sn+])c3ccc(C)cc3)[Si]2(C)C)cc1.[Li+]. The van der Waals surface area contributed by atoms with Crippen LogP contribution in [-0.2, 0) is 0 Å². The van der Waals surface area contributed by atoms with Crippen LogP contribution in [0.25, 0.3) is 0 Å². The predicted molar refractivity (Wildman–Crippen MR) is 169 cm³/mol. The molecule has 1 atom stereocenters. The normalized spacial score (nSPS) is 18.9. The largest absolute Gasteiger partial charge is 1.00 e. The van der Waals surface area contributed by atoms with Gasteiger partial charge in [-0.2, -0.15) is 0 Å². The summed E-state index contributed by atoms with van der Waals surface area (Å²) in [7, 11) is -5.57. The van der Waals surface area contributed by atoms with E-state index in [0.29, 0.717) is 0 Å². The number of benzene rings is 3. The van der Waals surface area contributed by atoms with E-state index in [1.165, 1.54) is 33.8 Å². The van der Waals surface area contributed by atoms with E-state index in [2.05, 4.69) is 149 Å². The third kappa shape index (κ3) is 4.86. The topological polar surface area (TPSA) is 10.9 Å². The monoisotopic (exact) mass is 660 g/mol. The fourth-order valence-corrected chi connectivity index (χ4v) is 98.4. The second-order valence-corrected chi connectivity index (χ2v) is 52.9. The zero-order valence-corrected chi connectivity index (χ0v) is 31.7. The van der Waals surface area contributed by atoms with Crippen LogP contribution in [0.4, 0.5) is 17.1 Å². The molecule has 1 aliphatic heterocycles. The molecular formula is C28H43LiN3Si4Sn+3. The summed E-state index contributed by atoms with van der Waals surface area (Å²) in [5.41, 5.74) is 8.30. The van der Waals surface area contributed by atoms with Crippen molar-refractivity contribution in [3.05, 3.63) is 89.5 Å². The number of hydrazine groups is 1. The number of quaternary nitrogens is 1. The molecule has 3 aromatic rings. The molecule has 0 bridgehead atoms. The quantitative estimate of drug-likeness (QED) is 0.423. The molecule has 1 heterocycles. The molecule has 1 aliphatic rings. The van der Waals surface area contributed by atoms with E-state index in [-0.39, 0.29) is 18.9 Å². The van der Waals surface area contributed by atoms with Crippen LogP contribution < -0.4 is 31.0 Å². The molecule has 1 fully saturated rings. The first kappa shape index (κ1) is 31.0. The number of hydrogen-bond donors (Lipinski definition) is 1. The molecular weight excluding hydrogens is 616 g/mol. The smallest absolute Gasteiger partial charge is 1.00 e. The Morgan fingerprint density at radius 1 is 0.595 bits per heavy atom. The van der Waals surface area contributed by atoms with Crippen molar-refractivity contribution in [2.24, 2.45) is 0 Å². The third-order valence-electron chi connectivity index (χ3n) is 9.48. The van der Waals surface area contributed by atoms with Crippen LogP contribution in [0.2, 0.25) is 45.8 Å². The Bertz CT molecular complexity index is 1170. The van der Waals surface area contributed by atoms with Crippen molar-refractivity contribution in [1.82, 2.24) is 0 Å². The van der Waals surface area contributed by atoms with Crippen LogP contribution in [-0.4, -0.2) is 52.7 Å². The van der Waals surface area contributed by atoms with E-state index in [0.717, 1.165) is 0 Å². The van der Waals surface area contributed by atoms with Gasteiger partial charge in [-0.1, -0.05) is 0 Å². The minimum Gasteiger partial charge on any atom is 1.00 e. The minimum absolute atomic E-state index is 0. The van der Waals surface area contributed by atoms with E-state index >= 15 is 0 Å². The molecule has 1 N–H and O–H groups in total. The molecule has 0 saturated carbocycles. The second-order valence-electron chi connectivity index (χ2n) is 12.4. The molecule has 2 radical (unpaired) electrons. The number of rotatable bonds is 5. The number of nitrogens with one attached hydrogen (secondary N) is 1. The summed E-state index contributed by atoms with van der Waals surface area (Å²) in [6.07, 6.45) is 0. The molecule has 4 rings (SSSR count). The maximum absolute atomic E-state index is 2.88. The van der Waals surface area contributed by atoms with E-state index in [4.69, 9.17) is 0 Å². The average molecular weight is 660 g/mol. The summed E-state index contributed by atoms with van der Waals surface area (Å²) < 4.78 is 7.55. The summed E-state index contributed by atoms with van der Waals surface area (Å²) in [5.74, 6) is 0. The van der Waals surface area contributed by atoms with Crippen molar-refractivity contribution in [3.8, 4) is 0 Å². The maximum atomic E-state index is 2.88. The van der Waals surface area contributed by atoms with Gasteiger partial charge in [0.25, 0.3) is 0 Å². The Morgan fingerprint density at radius 2 is 0.892 bits per heavy atom. The van der Waals surface area contributed by atoms with Gasteiger partial charge in [-0.15, -0.1) is 0 Å². The number of aryl methyl sites for hydroxylation is 3. The standard InChI is InChI=1S/C28H43N3Si4.Li.Sn/c1-23-11-17-26(18-12-23)29-32(4,5)35(10)33(6,7)30(27-19-13-24(2)14-20-27)31(34(35,8)9)28-21-15-25(3)16-22-28;;/h11-22,29H,1-10H3;;/q;+1;+2. The van der Waals surface area contributed by atoms with Crippen LogP contribution in [0.15, 0.2) is 72.8 Å². The van der Waals surface area contributed by atoms with Crippen molar-refractivity contribution in [2.45, 2.75) is 66.6 Å². The zero-order valence-electron chi connectivity index (χ0n) is 24.8. The molecule has 0 spiro atoms. The fourth-order valence-electron chi connectivity index (χ4n) is 6.78. The summed E-state index contributed by atoms with van der Waals surface area (Å²) in [4.78, 5) is 0. The molecule has 0 aliphatic carbocycles. The van der Waals surface area contributed by atoms with Gasteiger partial charge in [0.2, 0.25) is 0 Å². The van der Waals surface area contributed by atoms with Gasteiger partial charge in [-0.05, 0) is 0 Å². The minimum atomic E-state index is -1.90. The number of anilines is 2. The van der Waals surface area contributed by atoms with Crippen LogP contribution in [0, 0.1) is 20.8 Å². The summed E-state index contributed by atoms with van der Waals surface area (Å²) in [5, 5.41) is 0. The van der Waals surface area contributed by atoms with Crippen LogP contribution in [0.3, 0.4) is 0 Å². The van der Waals surface area contributed by atoms with Gasteiger partial charge in [0.15, 0.2) is 0 Å². The Hall–Kier alpha value is -0.516. The van der Waals surface area contributed by atoms with Crippen molar-refractivity contribution >= 4 is 69.7 Å². The molecule has 188 valence electrons. The van der Waals surface area contributed by atoms with Gasteiger partial charge in [0, 0.05) is 0 Å². The van der Waals surface area contributed by atoms with Gasteiger partial charge in [-0.3, -0.25) is 0 Å². The summed E-state index contributed by atoms with van der Waals surface area (Å²) in [6, 6.07) is 28.2. The number of hydrogen-bond acceptors (Lipinski definition) is 2. The van der Waals surface area contributed by atoms with Gasteiger partial charge in [-0.25, -0.2) is 0 Å². The molecule has 0 aromatic heterocycles. The zero-order chi connectivity index (χ0) is 26.7. The Balaban J connectivity index is 0.00000380. The van der Waals surface area contributed by atoms with Gasteiger partial charge in [0.05, 0.1) is 0 Å². The first-order valence-corrected chi connectivity index (χ1v) is 28.9.